The molecule has 0 aliphatic rings. The molecule has 0 amide bonds. The Morgan fingerprint density at radius 1 is 1.19 bits per heavy atom. The Labute approximate surface area is 135 Å². The summed E-state index contributed by atoms with van der Waals surface area (Å²) in [5.41, 5.74) is 3.86. The maximum absolute atomic E-state index is 5.32. The molecule has 0 aliphatic heterocycles. The van der Waals surface area contributed by atoms with Crippen molar-refractivity contribution in [3.8, 4) is 5.75 Å². The van der Waals surface area contributed by atoms with Gasteiger partial charge in [0, 0.05) is 10.5 Å². The van der Waals surface area contributed by atoms with E-state index in [1.807, 2.05) is 12.1 Å². The minimum atomic E-state index is 0.288. The van der Waals surface area contributed by atoms with Crippen molar-refractivity contribution < 1.29 is 4.74 Å². The van der Waals surface area contributed by atoms with Crippen LogP contribution in [0.15, 0.2) is 46.9 Å². The molecule has 2 aromatic rings. The molecule has 1 atom stereocenters. The summed E-state index contributed by atoms with van der Waals surface area (Å²) >= 11 is 3.68. The molecule has 0 heterocycles. The summed E-state index contributed by atoms with van der Waals surface area (Å²) in [5.74, 6) is 0.908. The van der Waals surface area contributed by atoms with E-state index in [1.54, 1.807) is 7.11 Å². The van der Waals surface area contributed by atoms with Crippen LogP contribution >= 0.6 is 15.9 Å². The van der Waals surface area contributed by atoms with E-state index in [9.17, 15) is 0 Å². The summed E-state index contributed by atoms with van der Waals surface area (Å²) in [6.45, 7) is 5.21. The third-order valence-corrected chi connectivity index (χ3v) is 4.27. The molecule has 0 fully saturated rings. The van der Waals surface area contributed by atoms with Gasteiger partial charge in [0.15, 0.2) is 0 Å². The van der Waals surface area contributed by atoms with Crippen LogP contribution in [0.3, 0.4) is 0 Å². The average Bonchev–Trinajstić information content (AvgIpc) is 2.49. The van der Waals surface area contributed by atoms with Crippen molar-refractivity contribution >= 4 is 15.9 Å². The normalized spacial score (nSPS) is 12.2. The zero-order valence-corrected chi connectivity index (χ0v) is 14.4. The van der Waals surface area contributed by atoms with Crippen LogP contribution in [0, 0.1) is 6.92 Å². The number of hydrogen-bond acceptors (Lipinski definition) is 2. The lowest BCUT2D eigenvalue weighted by atomic mass is 9.97. The van der Waals surface area contributed by atoms with Gasteiger partial charge in [-0.2, -0.15) is 0 Å². The number of nitrogens with one attached hydrogen (secondary N) is 1. The number of ether oxygens (including phenoxy) is 1. The molecule has 0 aromatic heterocycles. The van der Waals surface area contributed by atoms with Crippen molar-refractivity contribution in [2.24, 2.45) is 0 Å². The first-order valence-electron chi connectivity index (χ1n) is 7.26. The minimum absolute atomic E-state index is 0.288. The molecule has 3 heteroatoms. The van der Waals surface area contributed by atoms with Gasteiger partial charge in [-0.3, -0.25) is 0 Å². The van der Waals surface area contributed by atoms with Crippen LogP contribution in [0.5, 0.6) is 5.75 Å². The Morgan fingerprint density at radius 3 is 2.71 bits per heavy atom. The lowest BCUT2D eigenvalue weighted by Crippen LogP contribution is -2.23. The summed E-state index contributed by atoms with van der Waals surface area (Å²) in [6, 6.07) is 15.1. The highest BCUT2D eigenvalue weighted by Gasteiger charge is 2.14. The van der Waals surface area contributed by atoms with Crippen LogP contribution in [-0.4, -0.2) is 13.7 Å². The van der Waals surface area contributed by atoms with Crippen LogP contribution < -0.4 is 10.1 Å². The van der Waals surface area contributed by atoms with Crippen LogP contribution in [0.2, 0.25) is 0 Å². The fraction of sp³-hybridized carbons (Fsp3) is 0.333. The van der Waals surface area contributed by atoms with Crippen molar-refractivity contribution in [2.75, 3.05) is 13.7 Å². The standard InChI is InChI=1S/C18H22BrNO/c1-4-20-18(16-10-13(2)8-9-17(16)19)12-14-6-5-7-15(11-14)21-3/h5-11,18,20H,4,12H2,1-3H3. The molecule has 112 valence electrons. The SMILES string of the molecule is CCNC(Cc1cccc(OC)c1)c1cc(C)ccc1Br. The number of halogens is 1. The molecule has 1 unspecified atom stereocenters. The summed E-state index contributed by atoms with van der Waals surface area (Å²) in [7, 11) is 1.71. The molecule has 2 aromatic carbocycles. The highest BCUT2D eigenvalue weighted by molar-refractivity contribution is 9.10. The van der Waals surface area contributed by atoms with Crippen molar-refractivity contribution in [3.05, 3.63) is 63.6 Å². The third-order valence-electron chi connectivity index (χ3n) is 3.55. The molecule has 0 bridgehead atoms. The number of benzene rings is 2. The zero-order valence-electron chi connectivity index (χ0n) is 12.8. The number of rotatable bonds is 6. The zero-order chi connectivity index (χ0) is 15.2. The lowest BCUT2D eigenvalue weighted by Gasteiger charge is -2.21. The first-order valence-corrected chi connectivity index (χ1v) is 8.05. The third kappa shape index (κ3) is 4.32. The predicted octanol–water partition coefficient (Wildman–Crippen LogP) is 4.66. The number of aryl methyl sites for hydroxylation is 1. The number of hydrogen-bond donors (Lipinski definition) is 1. The van der Waals surface area contributed by atoms with Gasteiger partial charge in [-0.15, -0.1) is 0 Å². The van der Waals surface area contributed by atoms with E-state index in [2.05, 4.69) is 65.4 Å². The quantitative estimate of drug-likeness (QED) is 0.820. The molecule has 0 saturated carbocycles. The van der Waals surface area contributed by atoms with Crippen molar-refractivity contribution in [2.45, 2.75) is 26.3 Å². The number of methoxy groups -OCH3 is 1. The molecular formula is C18H22BrNO. The fourth-order valence-electron chi connectivity index (χ4n) is 2.50. The van der Waals surface area contributed by atoms with Gasteiger partial charge in [0.1, 0.15) is 5.75 Å². The highest BCUT2D eigenvalue weighted by atomic mass is 79.9. The first kappa shape index (κ1) is 16.1. The van der Waals surface area contributed by atoms with Gasteiger partial charge >= 0.3 is 0 Å². The Balaban J connectivity index is 2.28. The smallest absolute Gasteiger partial charge is 0.119 e. The van der Waals surface area contributed by atoms with E-state index in [-0.39, 0.29) is 6.04 Å². The largest absolute Gasteiger partial charge is 0.497 e. The summed E-state index contributed by atoms with van der Waals surface area (Å²) in [5, 5.41) is 3.58. The molecule has 0 aliphatic carbocycles. The van der Waals surface area contributed by atoms with Crippen molar-refractivity contribution in [1.29, 1.82) is 0 Å². The summed E-state index contributed by atoms with van der Waals surface area (Å²) in [6.07, 6.45) is 0.938. The van der Waals surface area contributed by atoms with Gasteiger partial charge in [0.25, 0.3) is 0 Å². The van der Waals surface area contributed by atoms with Gasteiger partial charge in [-0.05, 0) is 49.2 Å². The molecule has 2 nitrogen and oxygen atoms in total. The van der Waals surface area contributed by atoms with Crippen LogP contribution in [-0.2, 0) is 6.42 Å². The van der Waals surface area contributed by atoms with Gasteiger partial charge in [0.2, 0.25) is 0 Å². The van der Waals surface area contributed by atoms with Crippen molar-refractivity contribution in [3.63, 3.8) is 0 Å². The molecule has 0 spiro atoms. The molecule has 21 heavy (non-hydrogen) atoms. The maximum Gasteiger partial charge on any atom is 0.119 e. The monoisotopic (exact) mass is 347 g/mol. The molecule has 0 saturated heterocycles. The molecule has 2 rings (SSSR count). The highest BCUT2D eigenvalue weighted by Crippen LogP contribution is 2.28. The maximum atomic E-state index is 5.32. The van der Waals surface area contributed by atoms with E-state index in [0.29, 0.717) is 0 Å². The molecular weight excluding hydrogens is 326 g/mol. The minimum Gasteiger partial charge on any atom is -0.497 e. The van der Waals surface area contributed by atoms with Gasteiger partial charge in [-0.25, -0.2) is 0 Å². The Hall–Kier alpha value is -1.32. The lowest BCUT2D eigenvalue weighted by molar-refractivity contribution is 0.414. The Bertz CT molecular complexity index is 598. The van der Waals surface area contributed by atoms with Crippen molar-refractivity contribution in [1.82, 2.24) is 5.32 Å². The van der Waals surface area contributed by atoms with E-state index in [4.69, 9.17) is 4.74 Å². The van der Waals surface area contributed by atoms with E-state index in [0.717, 1.165) is 23.2 Å². The second-order valence-corrected chi connectivity index (χ2v) is 6.05. The van der Waals surface area contributed by atoms with E-state index in [1.165, 1.54) is 16.7 Å². The average molecular weight is 348 g/mol. The van der Waals surface area contributed by atoms with Crippen LogP contribution in [0.1, 0.15) is 29.7 Å². The first-order chi connectivity index (χ1) is 10.1. The van der Waals surface area contributed by atoms with E-state index >= 15 is 0 Å². The summed E-state index contributed by atoms with van der Waals surface area (Å²) in [4.78, 5) is 0. The predicted molar refractivity (Wildman–Crippen MR) is 92.0 cm³/mol. The fourth-order valence-corrected chi connectivity index (χ4v) is 3.03. The second kappa shape index (κ2) is 7.62. The van der Waals surface area contributed by atoms with Gasteiger partial charge in [0.05, 0.1) is 7.11 Å². The second-order valence-electron chi connectivity index (χ2n) is 5.19. The number of likely N-dealkylation sites (N-methyl/N-ethyl adjacent to an activating group) is 1. The molecule has 1 N–H and O–H groups in total. The van der Waals surface area contributed by atoms with Gasteiger partial charge in [-0.1, -0.05) is 52.7 Å². The van der Waals surface area contributed by atoms with Crippen LogP contribution in [0.25, 0.3) is 0 Å². The van der Waals surface area contributed by atoms with E-state index < -0.39 is 0 Å². The van der Waals surface area contributed by atoms with Gasteiger partial charge < -0.3 is 10.1 Å². The van der Waals surface area contributed by atoms with Crippen LogP contribution in [0.4, 0.5) is 0 Å². The Kier molecular flexibility index (Phi) is 5.83. The summed E-state index contributed by atoms with van der Waals surface area (Å²) < 4.78 is 6.47. The Morgan fingerprint density at radius 2 is 2.00 bits per heavy atom. The molecule has 0 radical (unpaired) electrons. The topological polar surface area (TPSA) is 21.3 Å².